The molecule has 3 rings (SSSR count). The van der Waals surface area contributed by atoms with Crippen LogP contribution in [0.2, 0.25) is 0 Å². The Balaban J connectivity index is 0.00000261. The van der Waals surface area contributed by atoms with Crippen LogP contribution in [-0.2, 0) is 11.2 Å². The minimum atomic E-state index is 0. The monoisotopic (exact) mass is 392 g/mol. The Labute approximate surface area is 166 Å². The Morgan fingerprint density at radius 2 is 1.85 bits per heavy atom. The summed E-state index contributed by atoms with van der Waals surface area (Å²) in [5, 5.41) is 4.59. The highest BCUT2D eigenvalue weighted by atomic mass is 35.5. The molecule has 1 atom stereocenters. The Morgan fingerprint density at radius 3 is 2.41 bits per heavy atom. The summed E-state index contributed by atoms with van der Waals surface area (Å²) in [5.74, 6) is 0.688. The highest BCUT2D eigenvalue weighted by Gasteiger charge is 2.35. The maximum absolute atomic E-state index is 12.8. The normalized spacial score (nSPS) is 19.3. The second kappa shape index (κ2) is 7.94. The van der Waals surface area contributed by atoms with Gasteiger partial charge >= 0.3 is 0 Å². The summed E-state index contributed by atoms with van der Waals surface area (Å²) in [4.78, 5) is 23.7. The van der Waals surface area contributed by atoms with Gasteiger partial charge in [-0.25, -0.2) is 14.6 Å². The van der Waals surface area contributed by atoms with Gasteiger partial charge in [0.15, 0.2) is 0 Å². The van der Waals surface area contributed by atoms with Gasteiger partial charge in [-0.15, -0.1) is 12.4 Å². The number of hydrogen-bond donors (Lipinski definition) is 1. The lowest BCUT2D eigenvalue weighted by Gasteiger charge is -2.22. The third-order valence-electron chi connectivity index (χ3n) is 5.33. The van der Waals surface area contributed by atoms with Crippen LogP contribution in [0.25, 0.3) is 5.95 Å². The van der Waals surface area contributed by atoms with E-state index in [1.807, 2.05) is 38.7 Å². The first-order chi connectivity index (χ1) is 12.2. The van der Waals surface area contributed by atoms with E-state index in [-0.39, 0.29) is 23.7 Å². The zero-order valence-electron chi connectivity index (χ0n) is 16.7. The summed E-state index contributed by atoms with van der Waals surface area (Å²) in [6.45, 7) is 12.0. The van der Waals surface area contributed by atoms with Gasteiger partial charge in [-0.3, -0.25) is 4.79 Å². The van der Waals surface area contributed by atoms with Crippen LogP contribution in [0.3, 0.4) is 0 Å². The van der Waals surface area contributed by atoms with Crippen molar-refractivity contribution < 1.29 is 4.79 Å². The van der Waals surface area contributed by atoms with E-state index in [9.17, 15) is 4.79 Å². The molecule has 3 heterocycles. The van der Waals surface area contributed by atoms with E-state index in [2.05, 4.69) is 22.0 Å². The maximum atomic E-state index is 12.8. The SMILES string of the molecule is Cc1cc(C)nc(-n2nc(C)c(CC(=O)N3CCC(C)(CN)C3)c2C)n1.Cl. The van der Waals surface area contributed by atoms with Gasteiger partial charge < -0.3 is 10.6 Å². The van der Waals surface area contributed by atoms with Crippen LogP contribution < -0.4 is 5.73 Å². The van der Waals surface area contributed by atoms with E-state index in [0.717, 1.165) is 47.8 Å². The van der Waals surface area contributed by atoms with Crippen LogP contribution in [-0.4, -0.2) is 50.2 Å². The van der Waals surface area contributed by atoms with Crippen molar-refractivity contribution in [2.24, 2.45) is 11.1 Å². The summed E-state index contributed by atoms with van der Waals surface area (Å²) in [5.41, 5.74) is 10.4. The van der Waals surface area contributed by atoms with Crippen molar-refractivity contribution in [3.8, 4) is 5.95 Å². The van der Waals surface area contributed by atoms with E-state index in [1.54, 1.807) is 4.68 Å². The molecule has 1 aliphatic rings. The molecular weight excluding hydrogens is 364 g/mol. The van der Waals surface area contributed by atoms with Gasteiger partial charge in [-0.1, -0.05) is 6.92 Å². The molecule has 1 aliphatic heterocycles. The molecule has 0 bridgehead atoms. The van der Waals surface area contributed by atoms with Gasteiger partial charge in [0.25, 0.3) is 5.95 Å². The number of nitrogens with two attached hydrogens (primary N) is 1. The molecule has 0 aromatic carbocycles. The van der Waals surface area contributed by atoms with Crippen LogP contribution in [0, 0.1) is 33.1 Å². The molecule has 0 saturated carbocycles. The number of carbonyl (C=O) groups is 1. The van der Waals surface area contributed by atoms with Gasteiger partial charge in [0.05, 0.1) is 12.1 Å². The number of carbonyl (C=O) groups excluding carboxylic acids is 1. The molecule has 1 amide bonds. The molecule has 27 heavy (non-hydrogen) atoms. The molecule has 1 saturated heterocycles. The minimum Gasteiger partial charge on any atom is -0.342 e. The second-order valence-corrected chi connectivity index (χ2v) is 7.77. The number of nitrogens with zero attached hydrogens (tertiary/aromatic N) is 5. The van der Waals surface area contributed by atoms with Crippen molar-refractivity contribution >= 4 is 18.3 Å². The number of halogens is 1. The van der Waals surface area contributed by atoms with Gasteiger partial charge in [0, 0.05) is 35.7 Å². The summed E-state index contributed by atoms with van der Waals surface area (Å²) in [6, 6.07) is 1.93. The molecule has 0 aliphatic carbocycles. The highest BCUT2D eigenvalue weighted by Crippen LogP contribution is 2.29. The third-order valence-corrected chi connectivity index (χ3v) is 5.33. The summed E-state index contributed by atoms with van der Waals surface area (Å²) >= 11 is 0. The predicted molar refractivity (Wildman–Crippen MR) is 107 cm³/mol. The van der Waals surface area contributed by atoms with Crippen LogP contribution in [0.4, 0.5) is 0 Å². The average Bonchev–Trinajstić information content (AvgIpc) is 3.10. The van der Waals surface area contributed by atoms with E-state index < -0.39 is 0 Å². The van der Waals surface area contributed by atoms with Crippen LogP contribution >= 0.6 is 12.4 Å². The number of amides is 1. The van der Waals surface area contributed by atoms with Gasteiger partial charge in [-0.2, -0.15) is 5.10 Å². The number of likely N-dealkylation sites (tertiary alicyclic amines) is 1. The van der Waals surface area contributed by atoms with Gasteiger partial charge in [-0.05, 0) is 52.1 Å². The predicted octanol–water partition coefficient (Wildman–Crippen LogP) is 2.06. The quantitative estimate of drug-likeness (QED) is 0.860. The Bertz CT molecular complexity index is 829. The lowest BCUT2D eigenvalue weighted by Crippen LogP contribution is -2.35. The maximum Gasteiger partial charge on any atom is 0.251 e. The molecule has 2 aromatic rings. The summed E-state index contributed by atoms with van der Waals surface area (Å²) in [7, 11) is 0. The van der Waals surface area contributed by atoms with Crippen LogP contribution in [0.5, 0.6) is 0 Å². The summed E-state index contributed by atoms with van der Waals surface area (Å²) < 4.78 is 1.74. The zero-order chi connectivity index (χ0) is 19.1. The standard InChI is InChI=1S/C19H28N6O.ClH/c1-12-8-13(2)22-18(21-12)25-15(4)16(14(3)23-25)9-17(26)24-7-6-19(5,10-20)11-24;/h8H,6-7,9-11,20H2,1-5H3;1H. The molecule has 2 N–H and O–H groups in total. The van der Waals surface area contributed by atoms with Crippen molar-refractivity contribution in [2.75, 3.05) is 19.6 Å². The second-order valence-electron chi connectivity index (χ2n) is 7.77. The molecule has 0 radical (unpaired) electrons. The molecule has 0 spiro atoms. The largest absolute Gasteiger partial charge is 0.342 e. The molecule has 2 aromatic heterocycles. The first kappa shape index (κ1) is 21.3. The number of rotatable bonds is 4. The van der Waals surface area contributed by atoms with Gasteiger partial charge in [0.2, 0.25) is 5.91 Å². The zero-order valence-corrected chi connectivity index (χ0v) is 17.6. The van der Waals surface area contributed by atoms with Crippen LogP contribution in [0.1, 0.15) is 41.7 Å². The lowest BCUT2D eigenvalue weighted by molar-refractivity contribution is -0.129. The molecule has 8 heteroatoms. The molecular formula is C19H29ClN6O. The van der Waals surface area contributed by atoms with E-state index in [0.29, 0.717) is 18.9 Å². The van der Waals surface area contributed by atoms with E-state index in [4.69, 9.17) is 5.73 Å². The smallest absolute Gasteiger partial charge is 0.251 e. The Morgan fingerprint density at radius 1 is 1.22 bits per heavy atom. The average molecular weight is 393 g/mol. The Kier molecular flexibility index (Phi) is 6.27. The van der Waals surface area contributed by atoms with Gasteiger partial charge in [0.1, 0.15) is 0 Å². The third kappa shape index (κ3) is 4.30. The van der Waals surface area contributed by atoms with Crippen molar-refractivity contribution in [1.82, 2.24) is 24.6 Å². The van der Waals surface area contributed by atoms with Crippen molar-refractivity contribution in [3.63, 3.8) is 0 Å². The van der Waals surface area contributed by atoms with Crippen molar-refractivity contribution in [1.29, 1.82) is 0 Å². The fourth-order valence-electron chi connectivity index (χ4n) is 3.59. The molecule has 148 valence electrons. The minimum absolute atomic E-state index is 0. The topological polar surface area (TPSA) is 89.9 Å². The highest BCUT2D eigenvalue weighted by molar-refractivity contribution is 5.85. The number of aryl methyl sites for hydroxylation is 3. The van der Waals surface area contributed by atoms with E-state index >= 15 is 0 Å². The van der Waals surface area contributed by atoms with Crippen LogP contribution in [0.15, 0.2) is 6.07 Å². The van der Waals surface area contributed by atoms with Crippen molar-refractivity contribution in [3.05, 3.63) is 34.4 Å². The molecule has 1 unspecified atom stereocenters. The van der Waals surface area contributed by atoms with Crippen molar-refractivity contribution in [2.45, 2.75) is 47.5 Å². The fraction of sp³-hybridized carbons (Fsp3) is 0.579. The Hall–Kier alpha value is -1.99. The fourth-order valence-corrected chi connectivity index (χ4v) is 3.59. The lowest BCUT2D eigenvalue weighted by atomic mass is 9.90. The molecule has 7 nitrogen and oxygen atoms in total. The summed E-state index contributed by atoms with van der Waals surface area (Å²) in [6.07, 6.45) is 1.31. The first-order valence-electron chi connectivity index (χ1n) is 9.08. The molecule has 1 fully saturated rings. The first-order valence-corrected chi connectivity index (χ1v) is 9.08. The number of aromatic nitrogens is 4. The van der Waals surface area contributed by atoms with E-state index in [1.165, 1.54) is 0 Å². The number of hydrogen-bond acceptors (Lipinski definition) is 5.